The molecule has 2 rings (SSSR count). The fourth-order valence-corrected chi connectivity index (χ4v) is 3.09. The fourth-order valence-electron chi connectivity index (χ4n) is 3.09. The van der Waals surface area contributed by atoms with Crippen LogP contribution in [0.5, 0.6) is 5.75 Å². The molecule has 2 aromatic carbocycles. The molecule has 2 N–H and O–H groups in total. The lowest BCUT2D eigenvalue weighted by atomic mass is 10.1. The molecule has 156 valence electrons. The summed E-state index contributed by atoms with van der Waals surface area (Å²) in [6.45, 7) is 6.65. The molecule has 29 heavy (non-hydrogen) atoms. The summed E-state index contributed by atoms with van der Waals surface area (Å²) in [4.78, 5) is 14.5. The number of hydrogen-bond acceptors (Lipinski definition) is 4. The average molecular weight is 396 g/mol. The Morgan fingerprint density at radius 3 is 2.07 bits per heavy atom. The molecular formula is C24H33N3O2. The molecule has 0 aliphatic heterocycles. The molecule has 0 bridgehead atoms. The highest BCUT2D eigenvalue weighted by molar-refractivity contribution is 5.95. The van der Waals surface area contributed by atoms with E-state index in [4.69, 9.17) is 0 Å². The quantitative estimate of drug-likeness (QED) is 0.289. The zero-order chi connectivity index (χ0) is 20.9. The molecule has 0 saturated carbocycles. The van der Waals surface area contributed by atoms with Crippen molar-refractivity contribution in [3.63, 3.8) is 0 Å². The van der Waals surface area contributed by atoms with Crippen LogP contribution in [-0.4, -0.2) is 30.3 Å². The van der Waals surface area contributed by atoms with Crippen molar-refractivity contribution in [3.05, 3.63) is 59.7 Å². The van der Waals surface area contributed by atoms with Crippen molar-refractivity contribution in [1.29, 1.82) is 0 Å². The molecule has 1 amide bonds. The second-order valence-electron chi connectivity index (χ2n) is 7.24. The number of rotatable bonds is 12. The van der Waals surface area contributed by atoms with Crippen molar-refractivity contribution < 1.29 is 9.90 Å². The third-order valence-corrected chi connectivity index (χ3v) is 4.83. The van der Waals surface area contributed by atoms with Gasteiger partial charge < -0.3 is 10.0 Å². The number of phenolic OH excluding ortho intramolecular Hbond substituents is 1. The summed E-state index contributed by atoms with van der Waals surface area (Å²) in [6, 6.07) is 14.4. The van der Waals surface area contributed by atoms with E-state index in [1.165, 1.54) is 56.3 Å². The number of hydrazone groups is 1. The lowest BCUT2D eigenvalue weighted by Crippen LogP contribution is -2.25. The Kier molecular flexibility index (Phi) is 9.76. The number of hydrogen-bond donors (Lipinski definition) is 2. The molecule has 5 heteroatoms. The molecule has 0 heterocycles. The van der Waals surface area contributed by atoms with Crippen LogP contribution >= 0.6 is 0 Å². The zero-order valence-electron chi connectivity index (χ0n) is 17.6. The minimum atomic E-state index is -0.309. The zero-order valence-corrected chi connectivity index (χ0v) is 17.6. The van der Waals surface area contributed by atoms with E-state index in [-0.39, 0.29) is 11.7 Å². The third-order valence-electron chi connectivity index (χ3n) is 4.83. The summed E-state index contributed by atoms with van der Waals surface area (Å²) in [5.41, 5.74) is 5.13. The fraction of sp³-hybridized carbons (Fsp3) is 0.417. The van der Waals surface area contributed by atoms with Gasteiger partial charge in [0.2, 0.25) is 0 Å². The van der Waals surface area contributed by atoms with Crippen molar-refractivity contribution in [2.75, 3.05) is 18.0 Å². The second kappa shape index (κ2) is 12.6. The number of aromatic hydroxyl groups is 1. The first-order chi connectivity index (χ1) is 14.1. The van der Waals surface area contributed by atoms with Crippen LogP contribution in [-0.2, 0) is 0 Å². The van der Waals surface area contributed by atoms with Crippen LogP contribution < -0.4 is 10.3 Å². The van der Waals surface area contributed by atoms with E-state index >= 15 is 0 Å². The summed E-state index contributed by atoms with van der Waals surface area (Å²) >= 11 is 0. The van der Waals surface area contributed by atoms with Crippen molar-refractivity contribution in [1.82, 2.24) is 5.43 Å². The number of nitrogens with one attached hydrogen (secondary N) is 1. The normalized spacial score (nSPS) is 11.0. The van der Waals surface area contributed by atoms with Gasteiger partial charge in [0.15, 0.2) is 0 Å². The van der Waals surface area contributed by atoms with Gasteiger partial charge in [-0.05, 0) is 54.8 Å². The number of carbonyl (C=O) groups is 1. The summed E-state index contributed by atoms with van der Waals surface area (Å²) in [5, 5.41) is 13.3. The van der Waals surface area contributed by atoms with Crippen LogP contribution in [0.1, 0.15) is 68.3 Å². The molecule has 0 fully saturated rings. The minimum absolute atomic E-state index is 0.128. The second-order valence-corrected chi connectivity index (χ2v) is 7.24. The van der Waals surface area contributed by atoms with Gasteiger partial charge in [0.1, 0.15) is 5.75 Å². The number of nitrogens with zero attached hydrogens (tertiary/aromatic N) is 2. The molecule has 0 spiro atoms. The SMILES string of the molecule is CCCCCN(CCCCC)c1ccc(/C=N/NC(=O)c2ccc(O)cc2)cc1. The van der Waals surface area contributed by atoms with Gasteiger partial charge in [-0.3, -0.25) is 4.79 Å². The van der Waals surface area contributed by atoms with E-state index in [9.17, 15) is 9.90 Å². The van der Waals surface area contributed by atoms with Gasteiger partial charge in [-0.15, -0.1) is 0 Å². The first kappa shape index (κ1) is 22.5. The molecule has 0 aliphatic rings. The van der Waals surface area contributed by atoms with Crippen LogP contribution in [0.3, 0.4) is 0 Å². The monoisotopic (exact) mass is 395 g/mol. The first-order valence-electron chi connectivity index (χ1n) is 10.6. The Labute approximate surface area is 174 Å². The maximum atomic E-state index is 12.0. The van der Waals surface area contributed by atoms with Gasteiger partial charge in [-0.2, -0.15) is 5.10 Å². The van der Waals surface area contributed by atoms with E-state index in [0.717, 1.165) is 18.7 Å². The number of carbonyl (C=O) groups excluding carboxylic acids is 1. The van der Waals surface area contributed by atoms with E-state index in [1.54, 1.807) is 18.3 Å². The topological polar surface area (TPSA) is 64.9 Å². The predicted molar refractivity (Wildman–Crippen MR) is 121 cm³/mol. The smallest absolute Gasteiger partial charge is 0.271 e. The first-order valence-corrected chi connectivity index (χ1v) is 10.6. The highest BCUT2D eigenvalue weighted by atomic mass is 16.3. The van der Waals surface area contributed by atoms with Crippen molar-refractivity contribution in [2.24, 2.45) is 5.10 Å². The Morgan fingerprint density at radius 1 is 0.931 bits per heavy atom. The van der Waals surface area contributed by atoms with Gasteiger partial charge in [-0.1, -0.05) is 51.7 Å². The Hall–Kier alpha value is -2.82. The minimum Gasteiger partial charge on any atom is -0.508 e. The van der Waals surface area contributed by atoms with Crippen molar-refractivity contribution >= 4 is 17.8 Å². The van der Waals surface area contributed by atoms with E-state index < -0.39 is 0 Å². The number of benzene rings is 2. The Bertz CT molecular complexity index is 745. The number of anilines is 1. The molecular weight excluding hydrogens is 362 g/mol. The molecule has 0 saturated heterocycles. The summed E-state index contributed by atoms with van der Waals surface area (Å²) < 4.78 is 0. The third kappa shape index (κ3) is 7.98. The van der Waals surface area contributed by atoms with Crippen molar-refractivity contribution in [3.8, 4) is 5.75 Å². The standard InChI is InChI=1S/C24H33N3O2/c1-3-5-7-17-27(18-8-6-4-2)22-13-9-20(10-14-22)19-25-26-24(29)21-11-15-23(28)16-12-21/h9-16,19,28H,3-8,17-18H2,1-2H3,(H,26,29)/b25-19+. The molecule has 0 aliphatic carbocycles. The maximum absolute atomic E-state index is 12.0. The highest BCUT2D eigenvalue weighted by Crippen LogP contribution is 2.17. The lowest BCUT2D eigenvalue weighted by molar-refractivity contribution is 0.0955. The highest BCUT2D eigenvalue weighted by Gasteiger charge is 2.06. The summed E-state index contributed by atoms with van der Waals surface area (Å²) in [7, 11) is 0. The molecule has 0 unspecified atom stereocenters. The van der Waals surface area contributed by atoms with Gasteiger partial charge >= 0.3 is 0 Å². The summed E-state index contributed by atoms with van der Waals surface area (Å²) in [6.07, 6.45) is 9.05. The largest absolute Gasteiger partial charge is 0.508 e. The Balaban J connectivity index is 1.92. The number of amides is 1. The van der Waals surface area contributed by atoms with Crippen LogP contribution in [0, 0.1) is 0 Å². The van der Waals surface area contributed by atoms with E-state index in [1.807, 2.05) is 12.1 Å². The molecule has 2 aromatic rings. The molecule has 0 radical (unpaired) electrons. The van der Waals surface area contributed by atoms with Gasteiger partial charge in [-0.25, -0.2) is 5.43 Å². The Morgan fingerprint density at radius 2 is 1.52 bits per heavy atom. The average Bonchev–Trinajstić information content (AvgIpc) is 2.74. The van der Waals surface area contributed by atoms with E-state index in [0.29, 0.717) is 5.56 Å². The molecule has 5 nitrogen and oxygen atoms in total. The number of unbranched alkanes of at least 4 members (excludes halogenated alkanes) is 4. The van der Waals surface area contributed by atoms with Gasteiger partial charge in [0.25, 0.3) is 5.91 Å². The van der Waals surface area contributed by atoms with Crippen LogP contribution in [0.4, 0.5) is 5.69 Å². The van der Waals surface area contributed by atoms with E-state index in [2.05, 4.69) is 41.4 Å². The molecule has 0 aromatic heterocycles. The summed E-state index contributed by atoms with van der Waals surface area (Å²) in [5.74, 6) is -0.181. The van der Waals surface area contributed by atoms with Gasteiger partial charge in [0, 0.05) is 24.3 Å². The van der Waals surface area contributed by atoms with Crippen LogP contribution in [0.2, 0.25) is 0 Å². The van der Waals surface area contributed by atoms with Gasteiger partial charge in [0.05, 0.1) is 6.21 Å². The number of phenols is 1. The van der Waals surface area contributed by atoms with Crippen LogP contribution in [0.15, 0.2) is 53.6 Å². The van der Waals surface area contributed by atoms with Crippen molar-refractivity contribution in [2.45, 2.75) is 52.4 Å². The predicted octanol–water partition coefficient (Wildman–Crippen LogP) is 5.34. The lowest BCUT2D eigenvalue weighted by Gasteiger charge is -2.25. The maximum Gasteiger partial charge on any atom is 0.271 e. The van der Waals surface area contributed by atoms with Crippen LogP contribution in [0.25, 0.3) is 0 Å². The molecule has 0 atom stereocenters.